The van der Waals surface area contributed by atoms with Gasteiger partial charge in [0.05, 0.1) is 16.4 Å². The average molecular weight is 436 g/mol. The Balaban J connectivity index is 1.45. The SMILES string of the molecule is Cc1cc(C)nc(Nc2cc(C3CCN(C(=O)/C=C/c4csc(C)n4)C3)nc(C)n2)n1. The number of likely N-dealkylation sites (tertiary alicyclic amines) is 1. The highest BCUT2D eigenvalue weighted by atomic mass is 32.1. The second-order valence-corrected chi connectivity index (χ2v) is 8.78. The molecule has 3 aromatic rings. The van der Waals surface area contributed by atoms with Crippen LogP contribution in [0.2, 0.25) is 0 Å². The Kier molecular flexibility index (Phi) is 6.03. The first-order valence-corrected chi connectivity index (χ1v) is 11.1. The van der Waals surface area contributed by atoms with E-state index in [1.807, 2.05) is 50.1 Å². The van der Waals surface area contributed by atoms with E-state index >= 15 is 0 Å². The summed E-state index contributed by atoms with van der Waals surface area (Å²) in [7, 11) is 0. The second-order valence-electron chi connectivity index (χ2n) is 7.72. The number of amides is 1. The van der Waals surface area contributed by atoms with Crippen LogP contribution in [0.4, 0.5) is 11.8 Å². The van der Waals surface area contributed by atoms with E-state index in [1.165, 1.54) is 0 Å². The van der Waals surface area contributed by atoms with E-state index in [9.17, 15) is 4.79 Å². The van der Waals surface area contributed by atoms with Gasteiger partial charge in [-0.25, -0.2) is 24.9 Å². The summed E-state index contributed by atoms with van der Waals surface area (Å²) in [5, 5.41) is 6.13. The van der Waals surface area contributed by atoms with Crippen LogP contribution >= 0.6 is 11.3 Å². The maximum atomic E-state index is 12.6. The average Bonchev–Trinajstić information content (AvgIpc) is 3.34. The molecule has 0 radical (unpaired) electrons. The highest BCUT2D eigenvalue weighted by molar-refractivity contribution is 7.09. The molecular formula is C22H25N7OS. The van der Waals surface area contributed by atoms with Crippen LogP contribution in [0, 0.1) is 27.7 Å². The van der Waals surface area contributed by atoms with E-state index in [1.54, 1.807) is 23.5 Å². The largest absolute Gasteiger partial charge is 0.338 e. The van der Waals surface area contributed by atoms with Gasteiger partial charge >= 0.3 is 0 Å². The Morgan fingerprint density at radius 2 is 1.87 bits per heavy atom. The number of aryl methyl sites for hydroxylation is 4. The summed E-state index contributed by atoms with van der Waals surface area (Å²) in [6.45, 7) is 9.03. The van der Waals surface area contributed by atoms with E-state index in [0.717, 1.165) is 34.2 Å². The molecule has 31 heavy (non-hydrogen) atoms. The van der Waals surface area contributed by atoms with E-state index in [4.69, 9.17) is 0 Å². The molecule has 0 bridgehead atoms. The zero-order valence-electron chi connectivity index (χ0n) is 18.1. The van der Waals surface area contributed by atoms with Crippen molar-refractivity contribution >= 4 is 35.1 Å². The first-order valence-electron chi connectivity index (χ1n) is 10.2. The highest BCUT2D eigenvalue weighted by Gasteiger charge is 2.28. The van der Waals surface area contributed by atoms with Crippen LogP contribution in [0.1, 0.15) is 45.9 Å². The molecule has 160 valence electrons. The van der Waals surface area contributed by atoms with Crippen molar-refractivity contribution in [1.82, 2.24) is 29.8 Å². The third-order valence-electron chi connectivity index (χ3n) is 5.03. The van der Waals surface area contributed by atoms with Crippen LogP contribution in [0.3, 0.4) is 0 Å². The lowest BCUT2D eigenvalue weighted by Crippen LogP contribution is -2.26. The van der Waals surface area contributed by atoms with Gasteiger partial charge in [-0.1, -0.05) is 0 Å². The molecule has 4 heterocycles. The number of thiazole rings is 1. The lowest BCUT2D eigenvalue weighted by Gasteiger charge is -2.15. The first kappa shape index (κ1) is 21.0. The fourth-order valence-corrected chi connectivity index (χ4v) is 4.26. The van der Waals surface area contributed by atoms with Crippen LogP contribution < -0.4 is 5.32 Å². The van der Waals surface area contributed by atoms with Crippen molar-refractivity contribution in [2.75, 3.05) is 18.4 Å². The summed E-state index contributed by atoms with van der Waals surface area (Å²) >= 11 is 1.57. The summed E-state index contributed by atoms with van der Waals surface area (Å²) in [5.41, 5.74) is 3.54. The topological polar surface area (TPSA) is 96.8 Å². The van der Waals surface area contributed by atoms with Gasteiger partial charge in [0.15, 0.2) is 0 Å². The van der Waals surface area contributed by atoms with Crippen LogP contribution in [0.25, 0.3) is 6.08 Å². The number of rotatable bonds is 5. The van der Waals surface area contributed by atoms with Gasteiger partial charge in [0.2, 0.25) is 11.9 Å². The third kappa shape index (κ3) is 5.29. The van der Waals surface area contributed by atoms with E-state index in [2.05, 4.69) is 30.2 Å². The number of hydrogen-bond donors (Lipinski definition) is 1. The molecule has 3 aromatic heterocycles. The molecule has 1 aliphatic rings. The van der Waals surface area contributed by atoms with Gasteiger partial charge in [-0.15, -0.1) is 11.3 Å². The summed E-state index contributed by atoms with van der Waals surface area (Å²) in [6.07, 6.45) is 4.25. The zero-order chi connectivity index (χ0) is 22.0. The molecular weight excluding hydrogens is 410 g/mol. The summed E-state index contributed by atoms with van der Waals surface area (Å²) in [4.78, 5) is 36.8. The maximum Gasteiger partial charge on any atom is 0.246 e. The number of aromatic nitrogens is 5. The first-order chi connectivity index (χ1) is 14.9. The predicted octanol–water partition coefficient (Wildman–Crippen LogP) is 3.73. The molecule has 1 fully saturated rings. The monoisotopic (exact) mass is 435 g/mol. The Labute approximate surface area is 185 Å². The number of hydrogen-bond acceptors (Lipinski definition) is 8. The molecule has 1 atom stereocenters. The van der Waals surface area contributed by atoms with Crippen LogP contribution in [0.5, 0.6) is 0 Å². The van der Waals surface area contributed by atoms with Crippen molar-refractivity contribution in [1.29, 1.82) is 0 Å². The fraction of sp³-hybridized carbons (Fsp3) is 0.364. The van der Waals surface area contributed by atoms with E-state index < -0.39 is 0 Å². The zero-order valence-corrected chi connectivity index (χ0v) is 18.9. The number of carbonyl (C=O) groups excluding carboxylic acids is 1. The molecule has 1 aliphatic heterocycles. The van der Waals surface area contributed by atoms with Gasteiger partial charge in [0.1, 0.15) is 11.6 Å². The smallest absolute Gasteiger partial charge is 0.246 e. The fourth-order valence-electron chi connectivity index (χ4n) is 3.68. The normalized spacial score (nSPS) is 16.3. The quantitative estimate of drug-likeness (QED) is 0.610. The number of nitrogens with zero attached hydrogens (tertiary/aromatic N) is 6. The van der Waals surface area contributed by atoms with Gasteiger partial charge in [-0.2, -0.15) is 0 Å². The highest BCUT2D eigenvalue weighted by Crippen LogP contribution is 2.28. The molecule has 1 N–H and O–H groups in total. The van der Waals surface area contributed by atoms with Gasteiger partial charge in [-0.05, 0) is 46.3 Å². The number of anilines is 2. The third-order valence-corrected chi connectivity index (χ3v) is 5.82. The Morgan fingerprint density at radius 1 is 1.10 bits per heavy atom. The van der Waals surface area contributed by atoms with Crippen molar-refractivity contribution in [3.8, 4) is 0 Å². The van der Waals surface area contributed by atoms with E-state index in [-0.39, 0.29) is 11.8 Å². The Morgan fingerprint density at radius 3 is 2.58 bits per heavy atom. The van der Waals surface area contributed by atoms with Crippen LogP contribution in [-0.2, 0) is 4.79 Å². The Bertz CT molecular complexity index is 1120. The van der Waals surface area contributed by atoms with Gasteiger partial charge in [0, 0.05) is 47.9 Å². The van der Waals surface area contributed by atoms with E-state index in [0.29, 0.717) is 30.7 Å². The van der Waals surface area contributed by atoms with Crippen molar-refractivity contribution < 1.29 is 4.79 Å². The Hall–Kier alpha value is -3.20. The van der Waals surface area contributed by atoms with Crippen LogP contribution in [-0.4, -0.2) is 48.8 Å². The molecule has 0 aliphatic carbocycles. The standard InChI is InChI=1S/C22H25N7OS/c1-13-9-14(2)24-22(23-13)28-20-10-19(25-15(3)26-20)17-7-8-29(11-17)21(30)6-5-18-12-31-16(4)27-18/h5-6,9-10,12,17H,7-8,11H2,1-4H3,(H,23,24,25,26,28)/b6-5+. The summed E-state index contributed by atoms with van der Waals surface area (Å²) in [5.74, 6) is 2.03. The number of nitrogens with one attached hydrogen (secondary N) is 1. The molecule has 1 unspecified atom stereocenters. The second kappa shape index (κ2) is 8.89. The molecule has 0 aromatic carbocycles. The molecule has 1 saturated heterocycles. The minimum absolute atomic E-state index is 0.000848. The molecule has 0 spiro atoms. The molecule has 1 amide bonds. The minimum Gasteiger partial charge on any atom is -0.338 e. The van der Waals surface area contributed by atoms with Crippen molar-refractivity contribution in [3.05, 3.63) is 57.2 Å². The number of carbonyl (C=O) groups is 1. The van der Waals surface area contributed by atoms with Crippen molar-refractivity contribution in [2.45, 2.75) is 40.0 Å². The molecule has 9 heteroatoms. The van der Waals surface area contributed by atoms with Crippen LogP contribution in [0.15, 0.2) is 23.6 Å². The molecule has 4 rings (SSSR count). The molecule has 8 nitrogen and oxygen atoms in total. The van der Waals surface area contributed by atoms with Gasteiger partial charge in [0.25, 0.3) is 0 Å². The van der Waals surface area contributed by atoms with Crippen molar-refractivity contribution in [3.63, 3.8) is 0 Å². The molecule has 0 saturated carbocycles. The van der Waals surface area contributed by atoms with Gasteiger partial charge in [-0.3, -0.25) is 4.79 Å². The lowest BCUT2D eigenvalue weighted by molar-refractivity contribution is -0.124. The lowest BCUT2D eigenvalue weighted by atomic mass is 10.0. The minimum atomic E-state index is 0.000848. The summed E-state index contributed by atoms with van der Waals surface area (Å²) < 4.78 is 0. The van der Waals surface area contributed by atoms with Gasteiger partial charge < -0.3 is 10.2 Å². The van der Waals surface area contributed by atoms with Crippen molar-refractivity contribution in [2.24, 2.45) is 0 Å². The predicted molar refractivity (Wildman–Crippen MR) is 121 cm³/mol. The summed E-state index contributed by atoms with van der Waals surface area (Å²) in [6, 6.07) is 3.86. The maximum absolute atomic E-state index is 12.6.